The van der Waals surface area contributed by atoms with Gasteiger partial charge in [0.1, 0.15) is 5.60 Å². The molecule has 13 heavy (non-hydrogen) atoms. The Balaban J connectivity index is 3.76. The van der Waals surface area contributed by atoms with Gasteiger partial charge >= 0.3 is 5.97 Å². The molecule has 0 N–H and O–H groups in total. The van der Waals surface area contributed by atoms with E-state index in [0.29, 0.717) is 6.42 Å². The number of carbonyl (C=O) groups excluding carboxylic acids is 1. The van der Waals surface area contributed by atoms with Crippen LogP contribution < -0.4 is 0 Å². The van der Waals surface area contributed by atoms with Gasteiger partial charge in [-0.05, 0) is 27.2 Å². The number of hydrogen-bond donors (Lipinski definition) is 0. The van der Waals surface area contributed by atoms with Crippen LogP contribution in [-0.2, 0) is 9.53 Å². The Morgan fingerprint density at radius 2 is 2.15 bits per heavy atom. The quantitative estimate of drug-likeness (QED) is 0.288. The molecular formula is C11H16O2. The lowest BCUT2D eigenvalue weighted by atomic mass is 10.2. The maximum absolute atomic E-state index is 11.1. The summed E-state index contributed by atoms with van der Waals surface area (Å²) in [6.07, 6.45) is 9.57. The highest BCUT2D eigenvalue weighted by Crippen LogP contribution is 2.07. The van der Waals surface area contributed by atoms with Gasteiger partial charge in [0, 0.05) is 12.5 Å². The molecule has 0 saturated carbocycles. The zero-order valence-electron chi connectivity index (χ0n) is 8.46. The SMILES string of the molecule is C#CCC/C=C/C(=O)OC(C)(C)C. The van der Waals surface area contributed by atoms with Crippen molar-refractivity contribution in [3.63, 3.8) is 0 Å². The molecule has 0 radical (unpaired) electrons. The van der Waals surface area contributed by atoms with Gasteiger partial charge < -0.3 is 4.74 Å². The van der Waals surface area contributed by atoms with Crippen molar-refractivity contribution in [1.29, 1.82) is 0 Å². The van der Waals surface area contributed by atoms with Gasteiger partial charge in [0.25, 0.3) is 0 Å². The smallest absolute Gasteiger partial charge is 0.330 e. The van der Waals surface area contributed by atoms with Crippen LogP contribution in [0.3, 0.4) is 0 Å². The molecule has 0 amide bonds. The molecule has 0 aromatic carbocycles. The van der Waals surface area contributed by atoms with Crippen LogP contribution in [-0.4, -0.2) is 11.6 Å². The van der Waals surface area contributed by atoms with Crippen LogP contribution in [0.2, 0.25) is 0 Å². The number of terminal acetylenes is 1. The van der Waals surface area contributed by atoms with Crippen LogP contribution in [0, 0.1) is 12.3 Å². The van der Waals surface area contributed by atoms with E-state index in [1.165, 1.54) is 6.08 Å². The Labute approximate surface area is 80.0 Å². The number of carbonyl (C=O) groups is 1. The number of allylic oxidation sites excluding steroid dienone is 1. The van der Waals surface area contributed by atoms with Crippen molar-refractivity contribution in [1.82, 2.24) is 0 Å². The van der Waals surface area contributed by atoms with E-state index in [9.17, 15) is 4.79 Å². The molecule has 0 heterocycles. The van der Waals surface area contributed by atoms with Crippen molar-refractivity contribution in [2.45, 2.75) is 39.2 Å². The zero-order chi connectivity index (χ0) is 10.3. The summed E-state index contributed by atoms with van der Waals surface area (Å²) in [5.41, 5.74) is -0.423. The largest absolute Gasteiger partial charge is 0.457 e. The monoisotopic (exact) mass is 180 g/mol. The first-order chi connectivity index (χ1) is 5.95. The number of hydrogen-bond acceptors (Lipinski definition) is 2. The summed E-state index contributed by atoms with van der Waals surface area (Å²) in [6.45, 7) is 5.50. The van der Waals surface area contributed by atoms with Gasteiger partial charge in [-0.15, -0.1) is 12.3 Å². The Morgan fingerprint density at radius 3 is 2.62 bits per heavy atom. The summed E-state index contributed by atoms with van der Waals surface area (Å²) in [6, 6.07) is 0. The van der Waals surface area contributed by atoms with Crippen molar-refractivity contribution in [3.05, 3.63) is 12.2 Å². The highest BCUT2D eigenvalue weighted by atomic mass is 16.6. The first-order valence-electron chi connectivity index (χ1n) is 4.28. The second kappa shape index (κ2) is 5.42. The van der Waals surface area contributed by atoms with Crippen molar-refractivity contribution in [3.8, 4) is 12.3 Å². The van der Waals surface area contributed by atoms with Gasteiger partial charge in [0.05, 0.1) is 0 Å². The summed E-state index contributed by atoms with van der Waals surface area (Å²) in [5, 5.41) is 0. The molecule has 0 unspecified atom stereocenters. The predicted molar refractivity (Wildman–Crippen MR) is 53.1 cm³/mol. The first kappa shape index (κ1) is 11.8. The van der Waals surface area contributed by atoms with Crippen LogP contribution in [0.15, 0.2) is 12.2 Å². The molecule has 0 aliphatic carbocycles. The van der Waals surface area contributed by atoms with Crippen LogP contribution in [0.1, 0.15) is 33.6 Å². The minimum atomic E-state index is -0.423. The summed E-state index contributed by atoms with van der Waals surface area (Å²) in [5.74, 6) is 2.17. The molecular weight excluding hydrogens is 164 g/mol. The Hall–Kier alpha value is -1.23. The molecule has 0 aliphatic heterocycles. The lowest BCUT2D eigenvalue weighted by Crippen LogP contribution is -2.22. The van der Waals surface area contributed by atoms with Crippen molar-refractivity contribution < 1.29 is 9.53 Å². The summed E-state index contributed by atoms with van der Waals surface area (Å²) in [7, 11) is 0. The third-order valence-corrected chi connectivity index (χ3v) is 1.12. The zero-order valence-corrected chi connectivity index (χ0v) is 8.46. The molecule has 0 bridgehead atoms. The minimum Gasteiger partial charge on any atom is -0.457 e. The molecule has 2 nitrogen and oxygen atoms in total. The van der Waals surface area contributed by atoms with Gasteiger partial charge in [-0.1, -0.05) is 6.08 Å². The topological polar surface area (TPSA) is 26.3 Å². The summed E-state index contributed by atoms with van der Waals surface area (Å²) in [4.78, 5) is 11.1. The third kappa shape index (κ3) is 8.68. The fourth-order valence-corrected chi connectivity index (χ4v) is 0.682. The second-order valence-electron chi connectivity index (χ2n) is 3.68. The lowest BCUT2D eigenvalue weighted by Gasteiger charge is -2.17. The molecule has 0 fully saturated rings. The van der Waals surface area contributed by atoms with Crippen LogP contribution in [0.5, 0.6) is 0 Å². The van der Waals surface area contributed by atoms with Crippen molar-refractivity contribution in [2.24, 2.45) is 0 Å². The second-order valence-corrected chi connectivity index (χ2v) is 3.68. The van der Waals surface area contributed by atoms with Gasteiger partial charge in [0.2, 0.25) is 0 Å². The predicted octanol–water partition coefficient (Wildman–Crippen LogP) is 2.30. The average molecular weight is 180 g/mol. The minimum absolute atomic E-state index is 0.315. The molecule has 72 valence electrons. The van der Waals surface area contributed by atoms with E-state index in [2.05, 4.69) is 5.92 Å². The Morgan fingerprint density at radius 1 is 1.54 bits per heavy atom. The molecule has 0 atom stereocenters. The van der Waals surface area contributed by atoms with Crippen molar-refractivity contribution in [2.75, 3.05) is 0 Å². The van der Waals surface area contributed by atoms with E-state index in [4.69, 9.17) is 11.2 Å². The molecule has 0 spiro atoms. The van der Waals surface area contributed by atoms with E-state index in [1.807, 2.05) is 20.8 Å². The maximum Gasteiger partial charge on any atom is 0.330 e. The maximum atomic E-state index is 11.1. The molecule has 0 aliphatic rings. The highest BCUT2D eigenvalue weighted by Gasteiger charge is 2.13. The molecule has 0 saturated heterocycles. The Bertz CT molecular complexity index is 225. The number of unbranched alkanes of at least 4 members (excludes halogenated alkanes) is 1. The van der Waals surface area contributed by atoms with Crippen LogP contribution >= 0.6 is 0 Å². The van der Waals surface area contributed by atoms with Crippen LogP contribution in [0.4, 0.5) is 0 Å². The van der Waals surface area contributed by atoms with Gasteiger partial charge in [-0.25, -0.2) is 4.79 Å². The first-order valence-corrected chi connectivity index (χ1v) is 4.28. The van der Waals surface area contributed by atoms with Gasteiger partial charge in [-0.2, -0.15) is 0 Å². The third-order valence-electron chi connectivity index (χ3n) is 1.12. The summed E-state index contributed by atoms with van der Waals surface area (Å²) >= 11 is 0. The average Bonchev–Trinajstić information content (AvgIpc) is 1.94. The Kier molecular flexibility index (Phi) is 4.91. The summed E-state index contributed by atoms with van der Waals surface area (Å²) < 4.78 is 5.04. The van der Waals surface area contributed by atoms with E-state index in [1.54, 1.807) is 6.08 Å². The molecule has 0 aromatic rings. The van der Waals surface area contributed by atoms with E-state index < -0.39 is 5.60 Å². The highest BCUT2D eigenvalue weighted by molar-refractivity contribution is 5.82. The molecule has 0 aromatic heterocycles. The van der Waals surface area contributed by atoms with E-state index >= 15 is 0 Å². The lowest BCUT2D eigenvalue weighted by molar-refractivity contribution is -0.148. The van der Waals surface area contributed by atoms with Crippen molar-refractivity contribution >= 4 is 5.97 Å². The van der Waals surface area contributed by atoms with E-state index in [0.717, 1.165) is 6.42 Å². The van der Waals surface area contributed by atoms with Crippen LogP contribution in [0.25, 0.3) is 0 Å². The number of ether oxygens (including phenoxy) is 1. The standard InChI is InChI=1S/C11H16O2/c1-5-6-7-8-9-10(12)13-11(2,3)4/h1,8-9H,6-7H2,2-4H3/b9-8+. The normalized spacial score (nSPS) is 11.2. The molecule has 0 rings (SSSR count). The number of esters is 1. The molecule has 2 heteroatoms. The van der Waals surface area contributed by atoms with Gasteiger partial charge in [0.15, 0.2) is 0 Å². The fourth-order valence-electron chi connectivity index (χ4n) is 0.682. The van der Waals surface area contributed by atoms with Gasteiger partial charge in [-0.3, -0.25) is 0 Å². The number of rotatable bonds is 3. The fraction of sp³-hybridized carbons (Fsp3) is 0.545. The van der Waals surface area contributed by atoms with E-state index in [-0.39, 0.29) is 5.97 Å².